The third-order valence-corrected chi connectivity index (χ3v) is 3.17. The van der Waals surface area contributed by atoms with E-state index in [9.17, 15) is 14.7 Å². The molecule has 4 heteroatoms. The molecule has 0 radical (unpaired) electrons. The van der Waals surface area contributed by atoms with E-state index in [4.69, 9.17) is 4.74 Å². The monoisotopic (exact) mass is 248 g/mol. The minimum Gasteiger partial charge on any atom is -0.507 e. The maximum absolute atomic E-state index is 11.6. The number of fused-ring (bicyclic) bond motifs is 1. The van der Waals surface area contributed by atoms with Gasteiger partial charge in [0.05, 0.1) is 12.2 Å². The molecule has 0 unspecified atom stereocenters. The van der Waals surface area contributed by atoms with Gasteiger partial charge in [-0.1, -0.05) is 6.07 Å². The molecule has 4 nitrogen and oxygen atoms in total. The van der Waals surface area contributed by atoms with Crippen molar-refractivity contribution in [2.24, 2.45) is 0 Å². The second-order valence-electron chi connectivity index (χ2n) is 4.33. The normalized spacial score (nSPS) is 13.5. The van der Waals surface area contributed by atoms with Crippen molar-refractivity contribution in [3.63, 3.8) is 0 Å². The molecule has 0 amide bonds. The number of phenolic OH excluding ortho intramolecular Hbond substituents is 1. The first-order chi connectivity index (χ1) is 8.63. The Labute approximate surface area is 106 Å². The van der Waals surface area contributed by atoms with Crippen LogP contribution >= 0.6 is 0 Å². The zero-order chi connectivity index (χ0) is 13.1. The molecular weight excluding hydrogens is 232 g/mol. The van der Waals surface area contributed by atoms with Crippen LogP contribution in [0.5, 0.6) is 5.75 Å². The Morgan fingerprint density at radius 1 is 1.39 bits per heavy atom. The largest absolute Gasteiger partial charge is 0.507 e. The summed E-state index contributed by atoms with van der Waals surface area (Å²) >= 11 is 0. The van der Waals surface area contributed by atoms with Crippen molar-refractivity contribution in [1.82, 2.24) is 0 Å². The van der Waals surface area contributed by atoms with Gasteiger partial charge in [-0.3, -0.25) is 9.59 Å². The zero-order valence-corrected chi connectivity index (χ0v) is 10.4. The number of ketones is 1. The number of aromatic hydroxyl groups is 1. The first-order valence-corrected chi connectivity index (χ1v) is 6.16. The third kappa shape index (κ3) is 2.37. The quantitative estimate of drug-likeness (QED) is 0.828. The molecule has 0 fully saturated rings. The van der Waals surface area contributed by atoms with Gasteiger partial charge >= 0.3 is 5.97 Å². The molecular formula is C14H16O4. The van der Waals surface area contributed by atoms with Crippen molar-refractivity contribution in [3.8, 4) is 5.75 Å². The Morgan fingerprint density at radius 3 is 2.89 bits per heavy atom. The van der Waals surface area contributed by atoms with E-state index in [2.05, 4.69) is 0 Å². The van der Waals surface area contributed by atoms with E-state index in [-0.39, 0.29) is 17.5 Å². The fourth-order valence-electron chi connectivity index (χ4n) is 2.34. The summed E-state index contributed by atoms with van der Waals surface area (Å²) in [6.07, 6.45) is 1.95. The van der Waals surface area contributed by atoms with Crippen LogP contribution in [0.2, 0.25) is 0 Å². The average Bonchev–Trinajstić information content (AvgIpc) is 2.72. The number of ether oxygens (including phenoxy) is 1. The molecule has 1 N–H and O–H groups in total. The predicted molar refractivity (Wildman–Crippen MR) is 65.7 cm³/mol. The average molecular weight is 248 g/mol. The smallest absolute Gasteiger partial charge is 0.306 e. The molecule has 0 spiro atoms. The van der Waals surface area contributed by atoms with Gasteiger partial charge in [0.1, 0.15) is 5.75 Å². The number of carbonyl (C=O) groups excluding carboxylic acids is 2. The van der Waals surface area contributed by atoms with E-state index in [1.54, 1.807) is 13.0 Å². The summed E-state index contributed by atoms with van der Waals surface area (Å²) in [5.74, 6) is -0.198. The molecule has 1 aliphatic carbocycles. The van der Waals surface area contributed by atoms with Crippen LogP contribution in [0.15, 0.2) is 12.1 Å². The summed E-state index contributed by atoms with van der Waals surface area (Å²) in [7, 11) is 0. The Bertz CT molecular complexity index is 491. The number of rotatable bonds is 4. The van der Waals surface area contributed by atoms with Crippen LogP contribution in [-0.4, -0.2) is 23.5 Å². The molecule has 0 aromatic heterocycles. The van der Waals surface area contributed by atoms with Gasteiger partial charge in [0.15, 0.2) is 5.78 Å². The number of Topliss-reactive ketones (excluding diaryl/α,β-unsaturated/α-hetero) is 1. The lowest BCUT2D eigenvalue weighted by atomic mass is 9.98. The van der Waals surface area contributed by atoms with Crippen molar-refractivity contribution in [3.05, 3.63) is 28.8 Å². The number of hydrogen-bond donors (Lipinski definition) is 1. The van der Waals surface area contributed by atoms with Gasteiger partial charge in [-0.15, -0.1) is 0 Å². The van der Waals surface area contributed by atoms with Gasteiger partial charge in [0.25, 0.3) is 0 Å². The van der Waals surface area contributed by atoms with Crippen molar-refractivity contribution in [2.75, 3.05) is 6.61 Å². The Kier molecular flexibility index (Phi) is 3.65. The SMILES string of the molecule is CCOC(=O)CCc1ccc(O)c2c1CCC2=O. The second kappa shape index (κ2) is 5.21. The topological polar surface area (TPSA) is 63.6 Å². The molecule has 1 aliphatic rings. The van der Waals surface area contributed by atoms with Crippen LogP contribution in [0.1, 0.15) is 41.3 Å². The van der Waals surface area contributed by atoms with Gasteiger partial charge in [0.2, 0.25) is 0 Å². The molecule has 0 saturated carbocycles. The van der Waals surface area contributed by atoms with Crippen molar-refractivity contribution < 1.29 is 19.4 Å². The fourth-order valence-corrected chi connectivity index (χ4v) is 2.34. The molecule has 0 bridgehead atoms. The van der Waals surface area contributed by atoms with Crippen LogP contribution in [0.3, 0.4) is 0 Å². The summed E-state index contributed by atoms with van der Waals surface area (Å²) in [5, 5.41) is 9.68. The first-order valence-electron chi connectivity index (χ1n) is 6.16. The highest BCUT2D eigenvalue weighted by atomic mass is 16.5. The van der Waals surface area contributed by atoms with Crippen LogP contribution in [0, 0.1) is 0 Å². The summed E-state index contributed by atoms with van der Waals surface area (Å²) in [6, 6.07) is 3.31. The maximum atomic E-state index is 11.6. The van der Waals surface area contributed by atoms with E-state index in [0.29, 0.717) is 37.9 Å². The lowest BCUT2D eigenvalue weighted by molar-refractivity contribution is -0.143. The van der Waals surface area contributed by atoms with Gasteiger partial charge < -0.3 is 9.84 Å². The highest BCUT2D eigenvalue weighted by molar-refractivity contribution is 6.03. The van der Waals surface area contributed by atoms with Gasteiger partial charge in [0, 0.05) is 12.8 Å². The molecule has 0 saturated heterocycles. The summed E-state index contributed by atoms with van der Waals surface area (Å²) < 4.78 is 4.87. The van der Waals surface area contributed by atoms with Crippen molar-refractivity contribution in [1.29, 1.82) is 0 Å². The van der Waals surface area contributed by atoms with E-state index in [0.717, 1.165) is 11.1 Å². The van der Waals surface area contributed by atoms with Gasteiger partial charge in [-0.2, -0.15) is 0 Å². The first kappa shape index (κ1) is 12.6. The zero-order valence-electron chi connectivity index (χ0n) is 10.4. The van der Waals surface area contributed by atoms with Crippen LogP contribution in [0.25, 0.3) is 0 Å². The standard InChI is InChI=1S/C14H16O4/c1-2-18-13(17)8-4-9-3-6-11(15)14-10(9)5-7-12(14)16/h3,6,15H,2,4-5,7-8H2,1H3. The minimum atomic E-state index is -0.233. The van der Waals surface area contributed by atoms with Gasteiger partial charge in [-0.05, 0) is 37.0 Å². The molecule has 2 rings (SSSR count). The predicted octanol–water partition coefficient (Wildman–Crippen LogP) is 2.02. The molecule has 1 aromatic rings. The Hall–Kier alpha value is -1.84. The van der Waals surface area contributed by atoms with Crippen molar-refractivity contribution >= 4 is 11.8 Å². The third-order valence-electron chi connectivity index (χ3n) is 3.17. The highest BCUT2D eigenvalue weighted by Crippen LogP contribution is 2.32. The summed E-state index contributed by atoms with van der Waals surface area (Å²) in [4.78, 5) is 22.9. The molecule has 0 atom stereocenters. The lowest BCUT2D eigenvalue weighted by Crippen LogP contribution is -2.06. The number of carbonyl (C=O) groups is 2. The van der Waals surface area contributed by atoms with Crippen LogP contribution in [0.4, 0.5) is 0 Å². The summed E-state index contributed by atoms with van der Waals surface area (Å²) in [5.41, 5.74) is 2.29. The Morgan fingerprint density at radius 2 is 2.17 bits per heavy atom. The van der Waals surface area contributed by atoms with E-state index in [1.165, 1.54) is 6.07 Å². The molecule has 1 aromatic carbocycles. The number of esters is 1. The molecule has 96 valence electrons. The number of hydrogen-bond acceptors (Lipinski definition) is 4. The van der Waals surface area contributed by atoms with E-state index in [1.807, 2.05) is 0 Å². The molecule has 0 heterocycles. The van der Waals surface area contributed by atoms with E-state index >= 15 is 0 Å². The fraction of sp³-hybridized carbons (Fsp3) is 0.429. The maximum Gasteiger partial charge on any atom is 0.306 e. The molecule has 18 heavy (non-hydrogen) atoms. The Balaban J connectivity index is 2.16. The highest BCUT2D eigenvalue weighted by Gasteiger charge is 2.25. The van der Waals surface area contributed by atoms with Crippen molar-refractivity contribution in [2.45, 2.75) is 32.6 Å². The van der Waals surface area contributed by atoms with Crippen LogP contribution in [-0.2, 0) is 22.4 Å². The minimum absolute atomic E-state index is 0.0134. The van der Waals surface area contributed by atoms with Crippen LogP contribution < -0.4 is 0 Å². The number of benzene rings is 1. The molecule has 0 aliphatic heterocycles. The summed E-state index contributed by atoms with van der Waals surface area (Å²) in [6.45, 7) is 2.15. The second-order valence-corrected chi connectivity index (χ2v) is 4.33. The number of phenols is 1. The van der Waals surface area contributed by atoms with E-state index < -0.39 is 0 Å². The lowest BCUT2D eigenvalue weighted by Gasteiger charge is -2.08. The van der Waals surface area contributed by atoms with Gasteiger partial charge in [-0.25, -0.2) is 0 Å². The number of aryl methyl sites for hydroxylation is 1.